The Kier molecular flexibility index (Phi) is 8.33. The zero-order valence-corrected chi connectivity index (χ0v) is 14.7. The van der Waals surface area contributed by atoms with Gasteiger partial charge < -0.3 is 5.32 Å². The van der Waals surface area contributed by atoms with Gasteiger partial charge in [0.1, 0.15) is 0 Å². The van der Waals surface area contributed by atoms with Gasteiger partial charge in [0.15, 0.2) is 0 Å². The van der Waals surface area contributed by atoms with Crippen molar-refractivity contribution in [3.63, 3.8) is 0 Å². The van der Waals surface area contributed by atoms with Crippen LogP contribution in [0, 0.1) is 0 Å². The fourth-order valence-electron chi connectivity index (χ4n) is 1.84. The normalized spacial score (nSPS) is 13.3. The van der Waals surface area contributed by atoms with Gasteiger partial charge in [0.2, 0.25) is 10.0 Å². The zero-order chi connectivity index (χ0) is 15.7. The maximum absolute atomic E-state index is 12.1. The van der Waals surface area contributed by atoms with Crippen LogP contribution in [0.5, 0.6) is 0 Å². The molecule has 0 saturated heterocycles. The summed E-state index contributed by atoms with van der Waals surface area (Å²) >= 11 is 1.65. The number of benzene rings is 1. The van der Waals surface area contributed by atoms with Crippen LogP contribution in [-0.2, 0) is 22.3 Å². The summed E-state index contributed by atoms with van der Waals surface area (Å²) in [7, 11) is -3.27. The number of rotatable bonds is 10. The van der Waals surface area contributed by atoms with E-state index < -0.39 is 10.0 Å². The fourth-order valence-corrected chi connectivity index (χ4v) is 3.42. The molecule has 0 aliphatic heterocycles. The second-order valence-electron chi connectivity index (χ2n) is 5.15. The lowest BCUT2D eigenvalue weighted by Gasteiger charge is -2.11. The minimum atomic E-state index is -3.27. The van der Waals surface area contributed by atoms with E-state index in [2.05, 4.69) is 17.0 Å². The number of hydrogen-bond donors (Lipinski definition) is 2. The molecular formula is C15H26N2O2S2. The van der Waals surface area contributed by atoms with Crippen LogP contribution >= 0.6 is 11.8 Å². The van der Waals surface area contributed by atoms with Crippen molar-refractivity contribution in [3.8, 4) is 0 Å². The molecule has 6 heteroatoms. The Morgan fingerprint density at radius 1 is 1.29 bits per heavy atom. The molecule has 0 spiro atoms. The molecule has 4 nitrogen and oxygen atoms in total. The van der Waals surface area contributed by atoms with E-state index >= 15 is 0 Å². The molecule has 0 aromatic heterocycles. The quantitative estimate of drug-likeness (QED) is 0.647. The molecule has 1 atom stereocenters. The van der Waals surface area contributed by atoms with Crippen molar-refractivity contribution in [2.45, 2.75) is 37.8 Å². The highest BCUT2D eigenvalue weighted by molar-refractivity contribution is 7.99. The van der Waals surface area contributed by atoms with Crippen molar-refractivity contribution in [1.29, 1.82) is 0 Å². The van der Waals surface area contributed by atoms with Gasteiger partial charge in [-0.15, -0.1) is 0 Å². The van der Waals surface area contributed by atoms with Crippen LogP contribution in [0.15, 0.2) is 24.3 Å². The molecule has 21 heavy (non-hydrogen) atoms. The highest BCUT2D eigenvalue weighted by atomic mass is 32.2. The third kappa shape index (κ3) is 7.85. The van der Waals surface area contributed by atoms with Crippen LogP contribution in [0.4, 0.5) is 0 Å². The summed E-state index contributed by atoms with van der Waals surface area (Å²) in [5.74, 6) is 0.0374. The van der Waals surface area contributed by atoms with Crippen LogP contribution in [0.3, 0.4) is 0 Å². The molecule has 0 amide bonds. The summed E-state index contributed by atoms with van der Waals surface area (Å²) in [6.07, 6.45) is 3.07. The predicted molar refractivity (Wildman–Crippen MR) is 92.0 cm³/mol. The molecule has 1 aromatic rings. The third-order valence-corrected chi connectivity index (χ3v) is 5.39. The number of hydrogen-bond acceptors (Lipinski definition) is 4. The Balaban J connectivity index is 2.58. The molecule has 0 fully saturated rings. The highest BCUT2D eigenvalue weighted by Gasteiger charge is 2.13. The van der Waals surface area contributed by atoms with Gasteiger partial charge >= 0.3 is 0 Å². The van der Waals surface area contributed by atoms with Gasteiger partial charge in [0.25, 0.3) is 0 Å². The molecule has 0 heterocycles. The smallest absolute Gasteiger partial charge is 0.215 e. The largest absolute Gasteiger partial charge is 0.313 e. The van der Waals surface area contributed by atoms with Crippen LogP contribution in [0.1, 0.15) is 31.4 Å². The molecule has 0 aliphatic carbocycles. The van der Waals surface area contributed by atoms with Crippen LogP contribution in [0.2, 0.25) is 0 Å². The van der Waals surface area contributed by atoms with Gasteiger partial charge in [-0.3, -0.25) is 0 Å². The summed E-state index contributed by atoms with van der Waals surface area (Å²) in [5, 5.41) is 3.60. The second kappa shape index (κ2) is 9.46. The second-order valence-corrected chi connectivity index (χ2v) is 8.23. The van der Waals surface area contributed by atoms with E-state index in [-0.39, 0.29) is 11.0 Å². The summed E-state index contributed by atoms with van der Waals surface area (Å²) in [5.41, 5.74) is 1.95. The summed E-state index contributed by atoms with van der Waals surface area (Å²) in [6.45, 7) is 6.35. The van der Waals surface area contributed by atoms with Gasteiger partial charge in [0.05, 0.1) is 5.75 Å². The SMILES string of the molecule is CCCNCc1cccc(CS(=O)(=O)NCC(C)SC)c1. The van der Waals surface area contributed by atoms with E-state index in [0.717, 1.165) is 30.6 Å². The van der Waals surface area contributed by atoms with E-state index in [0.29, 0.717) is 6.54 Å². The highest BCUT2D eigenvalue weighted by Crippen LogP contribution is 2.10. The lowest BCUT2D eigenvalue weighted by Crippen LogP contribution is -2.30. The topological polar surface area (TPSA) is 58.2 Å². The van der Waals surface area contributed by atoms with Crippen molar-refractivity contribution in [2.75, 3.05) is 19.3 Å². The number of nitrogens with one attached hydrogen (secondary N) is 2. The van der Waals surface area contributed by atoms with Gasteiger partial charge in [-0.1, -0.05) is 38.1 Å². The Labute approximate surface area is 133 Å². The first-order chi connectivity index (χ1) is 9.96. The maximum Gasteiger partial charge on any atom is 0.215 e. The van der Waals surface area contributed by atoms with E-state index in [4.69, 9.17) is 0 Å². The number of sulfonamides is 1. The number of thioether (sulfide) groups is 1. The van der Waals surface area contributed by atoms with Crippen LogP contribution in [0.25, 0.3) is 0 Å². The first-order valence-electron chi connectivity index (χ1n) is 7.25. The van der Waals surface area contributed by atoms with Crippen LogP contribution < -0.4 is 10.0 Å². The van der Waals surface area contributed by atoms with Crippen molar-refractivity contribution < 1.29 is 8.42 Å². The zero-order valence-electron chi connectivity index (χ0n) is 13.1. The molecule has 120 valence electrons. The molecule has 0 aliphatic rings. The van der Waals surface area contributed by atoms with E-state index in [1.807, 2.05) is 37.4 Å². The van der Waals surface area contributed by atoms with Crippen molar-refractivity contribution in [3.05, 3.63) is 35.4 Å². The van der Waals surface area contributed by atoms with Gasteiger partial charge in [-0.05, 0) is 30.3 Å². The molecule has 0 bridgehead atoms. The molecule has 1 aromatic carbocycles. The van der Waals surface area contributed by atoms with Crippen molar-refractivity contribution in [2.24, 2.45) is 0 Å². The first kappa shape index (κ1) is 18.5. The Morgan fingerprint density at radius 3 is 2.67 bits per heavy atom. The average molecular weight is 331 g/mol. The van der Waals surface area contributed by atoms with Crippen molar-refractivity contribution >= 4 is 21.8 Å². The summed E-state index contributed by atoms with van der Waals surface area (Å²) in [4.78, 5) is 0. The Morgan fingerprint density at radius 2 is 2.00 bits per heavy atom. The Bertz CT molecular complexity index is 518. The average Bonchev–Trinajstić information content (AvgIpc) is 2.45. The van der Waals surface area contributed by atoms with Gasteiger partial charge in [-0.25, -0.2) is 13.1 Å². The minimum Gasteiger partial charge on any atom is -0.313 e. The lowest BCUT2D eigenvalue weighted by atomic mass is 10.1. The van der Waals surface area contributed by atoms with Gasteiger partial charge in [-0.2, -0.15) is 11.8 Å². The lowest BCUT2D eigenvalue weighted by molar-refractivity contribution is 0.580. The summed E-state index contributed by atoms with van der Waals surface area (Å²) < 4.78 is 26.8. The fraction of sp³-hybridized carbons (Fsp3) is 0.600. The van der Waals surface area contributed by atoms with Crippen LogP contribution in [-0.4, -0.2) is 33.0 Å². The van der Waals surface area contributed by atoms with E-state index in [1.54, 1.807) is 11.8 Å². The first-order valence-corrected chi connectivity index (χ1v) is 10.2. The standard InChI is InChI=1S/C15H26N2O2S2/c1-4-8-16-11-14-6-5-7-15(9-14)12-21(18,19)17-10-13(2)20-3/h5-7,9,13,16-17H,4,8,10-12H2,1-3H3. The molecule has 0 radical (unpaired) electrons. The van der Waals surface area contributed by atoms with E-state index in [1.165, 1.54) is 0 Å². The Hall–Kier alpha value is -0.560. The van der Waals surface area contributed by atoms with Crippen molar-refractivity contribution in [1.82, 2.24) is 10.0 Å². The molecule has 0 saturated carbocycles. The third-order valence-electron chi connectivity index (χ3n) is 3.10. The maximum atomic E-state index is 12.1. The van der Waals surface area contributed by atoms with E-state index in [9.17, 15) is 8.42 Å². The molecule has 2 N–H and O–H groups in total. The molecule has 1 rings (SSSR count). The monoisotopic (exact) mass is 330 g/mol. The molecule has 1 unspecified atom stereocenters. The summed E-state index contributed by atoms with van der Waals surface area (Å²) in [6, 6.07) is 7.75. The molecular weight excluding hydrogens is 304 g/mol. The van der Waals surface area contributed by atoms with Gasteiger partial charge in [0, 0.05) is 18.3 Å². The minimum absolute atomic E-state index is 0.0374. The predicted octanol–water partition coefficient (Wildman–Crippen LogP) is 2.36.